The van der Waals surface area contributed by atoms with Crippen LogP contribution in [0.5, 0.6) is 0 Å². The second-order valence-corrected chi connectivity index (χ2v) is 11.6. The number of aliphatic hydroxyl groups is 1. The number of carbonyl (C=O) groups is 2. The summed E-state index contributed by atoms with van der Waals surface area (Å²) >= 11 is 0. The zero-order valence-corrected chi connectivity index (χ0v) is 26.5. The molecule has 3 atom stereocenters. The van der Waals surface area contributed by atoms with Crippen molar-refractivity contribution in [2.45, 2.75) is 32.0 Å². The highest BCUT2D eigenvalue weighted by molar-refractivity contribution is 5.99. The summed E-state index contributed by atoms with van der Waals surface area (Å²) in [4.78, 5) is 32.6. The van der Waals surface area contributed by atoms with Crippen molar-refractivity contribution in [3.8, 4) is 0 Å². The molecule has 0 spiro atoms. The van der Waals surface area contributed by atoms with Gasteiger partial charge in [0.25, 0.3) is 5.91 Å². The van der Waals surface area contributed by atoms with E-state index >= 15 is 0 Å². The first-order valence-corrected chi connectivity index (χ1v) is 15.6. The Morgan fingerprint density at radius 3 is 2.22 bits per heavy atom. The van der Waals surface area contributed by atoms with Crippen molar-refractivity contribution < 1.29 is 42.4 Å². The minimum Gasteiger partial charge on any atom is -0.394 e. The normalized spacial score (nSPS) is 21.2. The number of hydrogen-bond acceptors (Lipinski definition) is 9. The minimum absolute atomic E-state index is 0.00126. The van der Waals surface area contributed by atoms with Gasteiger partial charge in [-0.05, 0) is 26.0 Å². The minimum atomic E-state index is -0.958. The molecule has 252 valence electrons. The molecule has 2 saturated heterocycles. The van der Waals surface area contributed by atoms with E-state index in [1.54, 1.807) is 22.6 Å². The molecule has 12 nitrogen and oxygen atoms in total. The van der Waals surface area contributed by atoms with Crippen molar-refractivity contribution in [3.63, 3.8) is 0 Å². The number of aliphatic hydroxyl groups excluding tert-OH is 1. The maximum atomic E-state index is 13.8. The number of rotatable bonds is 16. The molecule has 0 unspecified atom stereocenters. The van der Waals surface area contributed by atoms with Crippen molar-refractivity contribution in [2.75, 3.05) is 98.7 Å². The maximum Gasteiger partial charge on any atom is 0.270 e. The summed E-state index contributed by atoms with van der Waals surface area (Å²) < 4.78 is 51.1. The number of piperazine rings is 2. The fourth-order valence-electron chi connectivity index (χ4n) is 5.81. The van der Waals surface area contributed by atoms with E-state index in [0.717, 1.165) is 12.1 Å². The Kier molecular flexibility index (Phi) is 13.5. The molecule has 4 rings (SSSR count). The molecule has 2 fully saturated rings. The van der Waals surface area contributed by atoms with Crippen LogP contribution in [0, 0.1) is 11.6 Å². The summed E-state index contributed by atoms with van der Waals surface area (Å²) in [5.74, 6) is -2.14. The number of fused-ring (bicyclic) bond motifs is 1. The van der Waals surface area contributed by atoms with E-state index in [2.05, 4.69) is 17.1 Å². The van der Waals surface area contributed by atoms with Crippen LogP contribution < -0.4 is 5.32 Å². The fourth-order valence-corrected chi connectivity index (χ4v) is 5.81. The van der Waals surface area contributed by atoms with Crippen molar-refractivity contribution in [2.24, 2.45) is 7.05 Å². The van der Waals surface area contributed by atoms with Gasteiger partial charge in [-0.3, -0.25) is 14.5 Å². The van der Waals surface area contributed by atoms with Crippen LogP contribution in [0.1, 0.15) is 24.3 Å². The number of benzene rings is 1. The lowest BCUT2D eigenvalue weighted by molar-refractivity contribution is -0.138. The van der Waals surface area contributed by atoms with Gasteiger partial charge < -0.3 is 43.7 Å². The lowest BCUT2D eigenvalue weighted by atomic mass is 10.1. The van der Waals surface area contributed by atoms with Crippen molar-refractivity contribution >= 4 is 22.7 Å². The number of halogens is 2. The summed E-state index contributed by atoms with van der Waals surface area (Å²) in [6.45, 7) is 10.3. The first-order chi connectivity index (χ1) is 21.7. The summed E-state index contributed by atoms with van der Waals surface area (Å²) in [7, 11) is 1.66. The van der Waals surface area contributed by atoms with E-state index in [1.165, 1.54) is 0 Å². The molecule has 0 radical (unpaired) electrons. The van der Waals surface area contributed by atoms with Crippen LogP contribution in [-0.4, -0.2) is 153 Å². The van der Waals surface area contributed by atoms with Crippen LogP contribution in [0.3, 0.4) is 0 Å². The Bertz CT molecular complexity index is 1260. The predicted molar refractivity (Wildman–Crippen MR) is 163 cm³/mol. The highest BCUT2D eigenvalue weighted by Crippen LogP contribution is 2.24. The fraction of sp³-hybridized carbons (Fsp3) is 0.677. The third-order valence-electron chi connectivity index (χ3n) is 8.27. The van der Waals surface area contributed by atoms with Crippen molar-refractivity contribution in [1.29, 1.82) is 0 Å². The third-order valence-corrected chi connectivity index (χ3v) is 8.27. The van der Waals surface area contributed by atoms with Crippen LogP contribution in [0.2, 0.25) is 0 Å². The number of aromatic nitrogens is 1. The highest BCUT2D eigenvalue weighted by atomic mass is 19.2. The highest BCUT2D eigenvalue weighted by Gasteiger charge is 2.34. The lowest BCUT2D eigenvalue weighted by Gasteiger charge is -2.43. The van der Waals surface area contributed by atoms with Crippen LogP contribution in [-0.2, 0) is 30.8 Å². The summed E-state index contributed by atoms with van der Waals surface area (Å²) in [5.41, 5.74) is 0.789. The maximum absolute atomic E-state index is 13.8. The molecule has 1 aromatic carbocycles. The SMILES string of the molecule is C[C@@H]1CN(CC(=O)N2CCN(C(=O)c3cc4cc(F)c(F)cc4n3C)C[C@H]2C)[C@@H](COCCOCCOCCOCCO)CN1. The van der Waals surface area contributed by atoms with Crippen LogP contribution >= 0.6 is 0 Å². The predicted octanol–water partition coefficient (Wildman–Crippen LogP) is 0.850. The van der Waals surface area contributed by atoms with E-state index in [9.17, 15) is 18.4 Å². The third kappa shape index (κ3) is 9.64. The van der Waals surface area contributed by atoms with E-state index in [1.807, 2.05) is 11.8 Å². The van der Waals surface area contributed by atoms with Gasteiger partial charge in [-0.1, -0.05) is 0 Å². The zero-order valence-electron chi connectivity index (χ0n) is 26.5. The molecule has 45 heavy (non-hydrogen) atoms. The first kappa shape index (κ1) is 35.1. The number of amides is 2. The van der Waals surface area contributed by atoms with E-state index < -0.39 is 11.6 Å². The van der Waals surface area contributed by atoms with Gasteiger partial charge in [-0.25, -0.2) is 8.78 Å². The molecule has 2 amide bonds. The molecule has 1 aromatic heterocycles. The van der Waals surface area contributed by atoms with Gasteiger partial charge in [0.05, 0.1) is 71.5 Å². The van der Waals surface area contributed by atoms with E-state index in [-0.39, 0.29) is 43.1 Å². The standard InChI is InChI=1S/C31H47F2N5O7/c1-22-18-37(25(17-34-22)21-45-13-12-44-11-10-43-9-8-42-7-6-39)20-30(40)38-5-4-36(19-23(38)2)31(41)29-15-24-14-26(32)27(33)16-28(24)35(29)3/h14-16,22-23,25,34,39H,4-13,17-21H2,1-3H3/t22-,23-,25-/m1/s1. The second kappa shape index (κ2) is 17.3. The quantitative estimate of drug-likeness (QED) is 0.258. The monoisotopic (exact) mass is 639 g/mol. The van der Waals surface area contributed by atoms with Gasteiger partial charge in [0.15, 0.2) is 11.6 Å². The number of hydrogen-bond donors (Lipinski definition) is 2. The molecule has 3 heterocycles. The molecular weight excluding hydrogens is 592 g/mol. The van der Waals surface area contributed by atoms with Crippen molar-refractivity contribution in [1.82, 2.24) is 24.6 Å². The first-order valence-electron chi connectivity index (χ1n) is 15.6. The molecule has 2 aromatic rings. The molecule has 0 saturated carbocycles. The average Bonchev–Trinajstić information content (AvgIpc) is 3.32. The smallest absolute Gasteiger partial charge is 0.270 e. The average molecular weight is 640 g/mol. The Morgan fingerprint density at radius 1 is 0.911 bits per heavy atom. The molecule has 2 aliphatic rings. The largest absolute Gasteiger partial charge is 0.394 e. The van der Waals surface area contributed by atoms with Crippen molar-refractivity contribution in [3.05, 3.63) is 35.5 Å². The summed E-state index contributed by atoms with van der Waals surface area (Å²) in [6.07, 6.45) is 0. The Balaban J connectivity index is 1.20. The van der Waals surface area contributed by atoms with Gasteiger partial charge in [0, 0.05) is 69.3 Å². The van der Waals surface area contributed by atoms with E-state index in [4.69, 9.17) is 24.1 Å². The van der Waals surface area contributed by atoms with Gasteiger partial charge in [0.1, 0.15) is 5.69 Å². The van der Waals surface area contributed by atoms with Crippen LogP contribution in [0.4, 0.5) is 8.78 Å². The number of nitrogens with zero attached hydrogens (tertiary/aromatic N) is 4. The Labute approximate surface area is 263 Å². The Morgan fingerprint density at radius 2 is 1.56 bits per heavy atom. The van der Waals surface area contributed by atoms with Gasteiger partial charge in [-0.15, -0.1) is 0 Å². The lowest BCUT2D eigenvalue weighted by Crippen LogP contribution is -2.61. The number of nitrogens with one attached hydrogen (secondary N) is 1. The Hall–Kier alpha value is -2.72. The van der Waals surface area contributed by atoms with Crippen LogP contribution in [0.25, 0.3) is 10.9 Å². The number of carbonyl (C=O) groups excluding carboxylic acids is 2. The molecular formula is C31H47F2N5O7. The number of aryl methyl sites for hydroxylation is 1. The topological polar surface area (TPSA) is 118 Å². The zero-order chi connectivity index (χ0) is 32.3. The van der Waals surface area contributed by atoms with Gasteiger partial charge in [-0.2, -0.15) is 0 Å². The molecule has 14 heteroatoms. The number of ether oxygens (including phenoxy) is 4. The molecule has 0 bridgehead atoms. The second-order valence-electron chi connectivity index (χ2n) is 11.6. The summed E-state index contributed by atoms with van der Waals surface area (Å²) in [6, 6.07) is 3.86. The molecule has 2 N–H and O–H groups in total. The van der Waals surface area contributed by atoms with Gasteiger partial charge >= 0.3 is 0 Å². The van der Waals surface area contributed by atoms with E-state index in [0.29, 0.717) is 102 Å². The van der Waals surface area contributed by atoms with Gasteiger partial charge in [0.2, 0.25) is 5.91 Å². The molecule has 0 aliphatic carbocycles. The van der Waals surface area contributed by atoms with Crippen LogP contribution in [0.15, 0.2) is 18.2 Å². The summed E-state index contributed by atoms with van der Waals surface area (Å²) in [5, 5.41) is 12.6. The molecule has 2 aliphatic heterocycles.